The molecule has 70 valence electrons. The Morgan fingerprint density at radius 3 is 3.15 bits per heavy atom. The van der Waals surface area contributed by atoms with Gasteiger partial charge in [0.1, 0.15) is 0 Å². The van der Waals surface area contributed by atoms with Crippen molar-refractivity contribution in [1.29, 1.82) is 0 Å². The summed E-state index contributed by atoms with van der Waals surface area (Å²) in [4.78, 5) is 0. The van der Waals surface area contributed by atoms with Gasteiger partial charge in [-0.2, -0.15) is 0 Å². The van der Waals surface area contributed by atoms with Crippen LogP contribution in [0, 0.1) is 0 Å². The molecule has 2 rings (SSSR count). The Morgan fingerprint density at radius 1 is 1.54 bits per heavy atom. The van der Waals surface area contributed by atoms with E-state index < -0.39 is 0 Å². The molecule has 13 heavy (non-hydrogen) atoms. The van der Waals surface area contributed by atoms with Gasteiger partial charge in [-0.3, -0.25) is 0 Å². The molecule has 0 aromatic heterocycles. The highest BCUT2D eigenvalue weighted by Crippen LogP contribution is 2.27. The van der Waals surface area contributed by atoms with Crippen LogP contribution in [0.4, 0.5) is 5.69 Å². The number of rotatable bonds is 1. The van der Waals surface area contributed by atoms with Crippen LogP contribution in [-0.2, 0) is 6.42 Å². The largest absolute Gasteiger partial charge is 0.394 e. The molecule has 2 N–H and O–H groups in total. The molecule has 0 saturated heterocycles. The number of aliphatic hydroxyl groups excluding tert-OH is 1. The van der Waals surface area contributed by atoms with Crippen LogP contribution >= 0.6 is 11.6 Å². The Hall–Kier alpha value is -0.730. The SMILES string of the molecule is OC[C@@H]1CCc2ccc(Cl)cc2N1. The first kappa shape index (κ1) is 8.85. The Balaban J connectivity index is 2.27. The van der Waals surface area contributed by atoms with Crippen LogP contribution in [0.1, 0.15) is 12.0 Å². The van der Waals surface area contributed by atoms with Crippen molar-refractivity contribution in [3.63, 3.8) is 0 Å². The number of fused-ring (bicyclic) bond motifs is 1. The van der Waals surface area contributed by atoms with Gasteiger partial charge in [0.2, 0.25) is 0 Å². The van der Waals surface area contributed by atoms with Crippen molar-refractivity contribution in [3.05, 3.63) is 28.8 Å². The van der Waals surface area contributed by atoms with E-state index in [2.05, 4.69) is 5.32 Å². The average Bonchev–Trinajstić information content (AvgIpc) is 2.16. The fourth-order valence-electron chi connectivity index (χ4n) is 1.66. The zero-order valence-corrected chi connectivity index (χ0v) is 8.01. The van der Waals surface area contributed by atoms with Gasteiger partial charge in [0.15, 0.2) is 0 Å². The smallest absolute Gasteiger partial charge is 0.0632 e. The number of aryl methyl sites for hydroxylation is 1. The van der Waals surface area contributed by atoms with Crippen molar-refractivity contribution in [3.8, 4) is 0 Å². The Morgan fingerprint density at radius 2 is 2.38 bits per heavy atom. The summed E-state index contributed by atoms with van der Waals surface area (Å²) in [6, 6.07) is 6.05. The lowest BCUT2D eigenvalue weighted by Gasteiger charge is -2.25. The predicted octanol–water partition coefficient (Wildman–Crippen LogP) is 2.06. The number of benzene rings is 1. The van der Waals surface area contributed by atoms with Crippen LogP contribution in [0.15, 0.2) is 18.2 Å². The van der Waals surface area contributed by atoms with E-state index in [9.17, 15) is 0 Å². The Bertz CT molecular complexity index is 314. The van der Waals surface area contributed by atoms with Crippen LogP contribution in [0.5, 0.6) is 0 Å². The standard InChI is InChI=1S/C10H12ClNO/c11-8-3-1-7-2-4-9(6-13)12-10(7)5-8/h1,3,5,9,12-13H,2,4,6H2/t9-/m0/s1. The summed E-state index contributed by atoms with van der Waals surface area (Å²) in [7, 11) is 0. The molecule has 1 atom stereocenters. The van der Waals surface area contributed by atoms with Gasteiger partial charge < -0.3 is 10.4 Å². The lowest BCUT2D eigenvalue weighted by molar-refractivity contribution is 0.267. The van der Waals surface area contributed by atoms with Gasteiger partial charge in [-0.05, 0) is 30.5 Å². The fourth-order valence-corrected chi connectivity index (χ4v) is 1.83. The summed E-state index contributed by atoms with van der Waals surface area (Å²) in [5.74, 6) is 0. The number of halogens is 1. The molecule has 0 fully saturated rings. The van der Waals surface area contributed by atoms with E-state index in [1.807, 2.05) is 18.2 Å². The first-order valence-electron chi connectivity index (χ1n) is 4.45. The lowest BCUT2D eigenvalue weighted by Crippen LogP contribution is -2.28. The molecule has 1 heterocycles. The molecule has 1 aromatic rings. The first-order valence-corrected chi connectivity index (χ1v) is 4.83. The van der Waals surface area contributed by atoms with E-state index in [0.29, 0.717) is 0 Å². The van der Waals surface area contributed by atoms with Gasteiger partial charge in [-0.1, -0.05) is 17.7 Å². The molecular formula is C10H12ClNO. The van der Waals surface area contributed by atoms with Crippen LogP contribution in [0.3, 0.4) is 0 Å². The van der Waals surface area contributed by atoms with Crippen LogP contribution in [0.2, 0.25) is 5.02 Å². The fraction of sp³-hybridized carbons (Fsp3) is 0.400. The molecular weight excluding hydrogens is 186 g/mol. The van der Waals surface area contributed by atoms with Crippen LogP contribution in [0.25, 0.3) is 0 Å². The van der Waals surface area contributed by atoms with Crippen molar-refractivity contribution < 1.29 is 5.11 Å². The van der Waals surface area contributed by atoms with Crippen molar-refractivity contribution in [2.45, 2.75) is 18.9 Å². The number of nitrogens with one attached hydrogen (secondary N) is 1. The van der Waals surface area contributed by atoms with Gasteiger partial charge in [0.05, 0.1) is 6.61 Å². The maximum absolute atomic E-state index is 8.99. The van der Waals surface area contributed by atoms with Crippen molar-refractivity contribution in [2.75, 3.05) is 11.9 Å². The highest BCUT2D eigenvalue weighted by atomic mass is 35.5. The second-order valence-corrected chi connectivity index (χ2v) is 3.80. The quantitative estimate of drug-likeness (QED) is 0.723. The third-order valence-corrected chi connectivity index (χ3v) is 2.65. The second kappa shape index (κ2) is 3.56. The van der Waals surface area contributed by atoms with Crippen LogP contribution < -0.4 is 5.32 Å². The minimum absolute atomic E-state index is 0.186. The molecule has 0 amide bonds. The van der Waals surface area contributed by atoms with E-state index in [0.717, 1.165) is 23.6 Å². The first-order chi connectivity index (χ1) is 6.29. The number of hydrogen-bond donors (Lipinski definition) is 2. The van der Waals surface area contributed by atoms with Gasteiger partial charge in [-0.25, -0.2) is 0 Å². The number of anilines is 1. The Kier molecular flexibility index (Phi) is 2.42. The summed E-state index contributed by atoms with van der Waals surface area (Å²) in [6.45, 7) is 0.186. The molecule has 0 bridgehead atoms. The Labute approximate surface area is 82.5 Å². The zero-order chi connectivity index (χ0) is 9.26. The molecule has 1 aliphatic rings. The molecule has 0 unspecified atom stereocenters. The topological polar surface area (TPSA) is 32.3 Å². The minimum Gasteiger partial charge on any atom is -0.394 e. The highest BCUT2D eigenvalue weighted by molar-refractivity contribution is 6.30. The molecule has 2 nitrogen and oxygen atoms in total. The minimum atomic E-state index is 0.186. The van der Waals surface area contributed by atoms with Crippen molar-refractivity contribution >= 4 is 17.3 Å². The molecule has 0 spiro atoms. The average molecular weight is 198 g/mol. The van der Waals surface area contributed by atoms with Gasteiger partial charge in [0.25, 0.3) is 0 Å². The van der Waals surface area contributed by atoms with Crippen molar-refractivity contribution in [2.24, 2.45) is 0 Å². The molecule has 0 radical (unpaired) electrons. The highest BCUT2D eigenvalue weighted by Gasteiger charge is 2.16. The van der Waals surface area contributed by atoms with E-state index >= 15 is 0 Å². The zero-order valence-electron chi connectivity index (χ0n) is 7.26. The van der Waals surface area contributed by atoms with Crippen LogP contribution in [-0.4, -0.2) is 17.8 Å². The molecule has 0 saturated carbocycles. The predicted molar refractivity (Wildman–Crippen MR) is 54.3 cm³/mol. The third-order valence-electron chi connectivity index (χ3n) is 2.41. The summed E-state index contributed by atoms with van der Waals surface area (Å²) < 4.78 is 0. The van der Waals surface area contributed by atoms with E-state index in [-0.39, 0.29) is 12.6 Å². The normalized spacial score (nSPS) is 20.6. The van der Waals surface area contributed by atoms with Gasteiger partial charge >= 0.3 is 0 Å². The van der Waals surface area contributed by atoms with E-state index in [4.69, 9.17) is 16.7 Å². The summed E-state index contributed by atoms with van der Waals surface area (Å²) in [6.07, 6.45) is 2.01. The maximum Gasteiger partial charge on any atom is 0.0632 e. The molecule has 1 aromatic carbocycles. The van der Waals surface area contributed by atoms with Gasteiger partial charge in [-0.15, -0.1) is 0 Å². The summed E-state index contributed by atoms with van der Waals surface area (Å²) in [5, 5.41) is 13.0. The number of hydrogen-bond acceptors (Lipinski definition) is 2. The molecule has 3 heteroatoms. The summed E-state index contributed by atoms with van der Waals surface area (Å²) >= 11 is 5.87. The number of aliphatic hydroxyl groups is 1. The maximum atomic E-state index is 8.99. The lowest BCUT2D eigenvalue weighted by atomic mass is 9.99. The molecule has 1 aliphatic heterocycles. The summed E-state index contributed by atoms with van der Waals surface area (Å²) in [5.41, 5.74) is 2.35. The monoisotopic (exact) mass is 197 g/mol. The van der Waals surface area contributed by atoms with Crippen molar-refractivity contribution in [1.82, 2.24) is 0 Å². The molecule has 0 aliphatic carbocycles. The van der Waals surface area contributed by atoms with E-state index in [1.165, 1.54) is 5.56 Å². The third kappa shape index (κ3) is 1.79. The van der Waals surface area contributed by atoms with Gasteiger partial charge in [0, 0.05) is 16.8 Å². The second-order valence-electron chi connectivity index (χ2n) is 3.36. The van der Waals surface area contributed by atoms with E-state index in [1.54, 1.807) is 0 Å².